The van der Waals surface area contributed by atoms with E-state index in [9.17, 15) is 0 Å². The maximum absolute atomic E-state index is 5.91. The molecule has 182 valence electrons. The summed E-state index contributed by atoms with van der Waals surface area (Å²) in [6, 6.07) is 8.06. The second-order valence-electron chi connectivity index (χ2n) is 9.02. The van der Waals surface area contributed by atoms with Crippen molar-refractivity contribution in [3.63, 3.8) is 0 Å². The molecule has 11 heteroatoms. The van der Waals surface area contributed by atoms with Gasteiger partial charge in [-0.15, -0.1) is 5.10 Å². The Morgan fingerprint density at radius 2 is 2.00 bits per heavy atom. The third-order valence-corrected chi connectivity index (χ3v) is 6.26. The van der Waals surface area contributed by atoms with Crippen molar-refractivity contribution in [2.45, 2.75) is 19.4 Å². The van der Waals surface area contributed by atoms with E-state index in [1.54, 1.807) is 34.2 Å². The smallest absolute Gasteiger partial charge is 0.221 e. The van der Waals surface area contributed by atoms with Gasteiger partial charge in [0, 0.05) is 36.8 Å². The molecule has 5 heterocycles. The van der Waals surface area contributed by atoms with Crippen molar-refractivity contribution in [3.8, 4) is 28.4 Å². The standard InChI is InChI=1S/C25H26N10O/c1-34-15-20(10-30-34)22-13-29-24-25(31-22)35(33-32-24)14-17-4-2-6-19(8-17)23-27-11-21(12-28-23)36-16-18-5-3-7-26-9-18/h2,4,6,8,10-13,15,18,26H,3,5,7,9,14,16H2,1H3. The van der Waals surface area contributed by atoms with Crippen LogP contribution >= 0.6 is 0 Å². The van der Waals surface area contributed by atoms with Gasteiger partial charge in [-0.2, -0.15) is 5.10 Å². The van der Waals surface area contributed by atoms with Crippen LogP contribution in [0.4, 0.5) is 0 Å². The van der Waals surface area contributed by atoms with Gasteiger partial charge in [-0.3, -0.25) is 4.68 Å². The Kier molecular flexibility index (Phi) is 6.04. The number of hydrogen-bond acceptors (Lipinski definition) is 9. The second kappa shape index (κ2) is 9.78. The van der Waals surface area contributed by atoms with E-state index >= 15 is 0 Å². The minimum atomic E-state index is 0.492. The van der Waals surface area contributed by atoms with Gasteiger partial charge in [0.25, 0.3) is 0 Å². The highest BCUT2D eigenvalue weighted by Gasteiger charge is 2.14. The molecule has 0 radical (unpaired) electrons. The Balaban J connectivity index is 1.18. The Morgan fingerprint density at radius 3 is 2.81 bits per heavy atom. The molecule has 4 aromatic heterocycles. The van der Waals surface area contributed by atoms with E-state index in [0.29, 0.717) is 41.9 Å². The van der Waals surface area contributed by atoms with Gasteiger partial charge in [0.15, 0.2) is 17.2 Å². The van der Waals surface area contributed by atoms with Crippen molar-refractivity contribution >= 4 is 11.3 Å². The van der Waals surface area contributed by atoms with E-state index < -0.39 is 0 Å². The lowest BCUT2D eigenvalue weighted by molar-refractivity contribution is 0.217. The predicted molar refractivity (Wildman–Crippen MR) is 133 cm³/mol. The van der Waals surface area contributed by atoms with Crippen LogP contribution in [0.1, 0.15) is 18.4 Å². The number of rotatable bonds is 7. The molecule has 0 spiro atoms. The minimum absolute atomic E-state index is 0.492. The number of ether oxygens (including phenoxy) is 1. The minimum Gasteiger partial charge on any atom is -0.490 e. The van der Waals surface area contributed by atoms with Crippen molar-refractivity contribution < 1.29 is 4.74 Å². The van der Waals surface area contributed by atoms with Crippen LogP contribution in [0, 0.1) is 5.92 Å². The first kappa shape index (κ1) is 22.2. The Bertz CT molecular complexity index is 1470. The van der Waals surface area contributed by atoms with Gasteiger partial charge in [0.1, 0.15) is 0 Å². The first-order valence-corrected chi connectivity index (χ1v) is 12.0. The molecule has 1 atom stereocenters. The lowest BCUT2D eigenvalue weighted by atomic mass is 10.0. The van der Waals surface area contributed by atoms with Gasteiger partial charge >= 0.3 is 0 Å². The zero-order valence-electron chi connectivity index (χ0n) is 19.9. The predicted octanol–water partition coefficient (Wildman–Crippen LogP) is 2.51. The summed E-state index contributed by atoms with van der Waals surface area (Å²) in [6.45, 7) is 3.28. The molecule has 36 heavy (non-hydrogen) atoms. The van der Waals surface area contributed by atoms with Gasteiger partial charge in [-0.1, -0.05) is 23.4 Å². The van der Waals surface area contributed by atoms with Crippen LogP contribution < -0.4 is 10.1 Å². The summed E-state index contributed by atoms with van der Waals surface area (Å²) in [5.74, 6) is 1.87. The van der Waals surface area contributed by atoms with Gasteiger partial charge in [0.05, 0.1) is 43.6 Å². The number of aryl methyl sites for hydroxylation is 1. The highest BCUT2D eigenvalue weighted by atomic mass is 16.5. The van der Waals surface area contributed by atoms with Crippen molar-refractivity contribution in [2.24, 2.45) is 13.0 Å². The third-order valence-electron chi connectivity index (χ3n) is 6.26. The maximum Gasteiger partial charge on any atom is 0.221 e. The lowest BCUT2D eigenvalue weighted by Gasteiger charge is -2.22. The van der Waals surface area contributed by atoms with E-state index in [1.807, 2.05) is 31.4 Å². The summed E-state index contributed by atoms with van der Waals surface area (Å²) < 4.78 is 9.39. The maximum atomic E-state index is 5.91. The monoisotopic (exact) mass is 482 g/mol. The molecule has 1 unspecified atom stereocenters. The number of hydrogen-bond donors (Lipinski definition) is 1. The first-order chi connectivity index (χ1) is 17.7. The molecule has 0 aliphatic carbocycles. The molecule has 6 rings (SSSR count). The summed E-state index contributed by atoms with van der Waals surface area (Å²) in [7, 11) is 1.87. The molecule has 1 N–H and O–H groups in total. The number of nitrogens with zero attached hydrogens (tertiary/aromatic N) is 9. The average Bonchev–Trinajstić information content (AvgIpc) is 3.54. The van der Waals surface area contributed by atoms with Crippen LogP contribution in [0.25, 0.3) is 33.9 Å². The first-order valence-electron chi connectivity index (χ1n) is 12.0. The molecule has 0 saturated carbocycles. The van der Waals surface area contributed by atoms with Crippen molar-refractivity contribution in [2.75, 3.05) is 19.7 Å². The van der Waals surface area contributed by atoms with Crippen molar-refractivity contribution in [1.82, 2.24) is 50.0 Å². The summed E-state index contributed by atoms with van der Waals surface area (Å²) >= 11 is 0. The highest BCUT2D eigenvalue weighted by molar-refractivity contribution is 5.69. The Morgan fingerprint density at radius 1 is 1.08 bits per heavy atom. The molecule has 1 saturated heterocycles. The van der Waals surface area contributed by atoms with Crippen LogP contribution in [-0.2, 0) is 13.6 Å². The lowest BCUT2D eigenvalue weighted by Crippen LogP contribution is -2.33. The van der Waals surface area contributed by atoms with Crippen LogP contribution in [0.15, 0.2) is 55.2 Å². The van der Waals surface area contributed by atoms with Crippen LogP contribution in [0.3, 0.4) is 0 Å². The van der Waals surface area contributed by atoms with E-state index in [1.165, 1.54) is 12.8 Å². The van der Waals surface area contributed by atoms with Gasteiger partial charge in [-0.25, -0.2) is 24.6 Å². The fourth-order valence-electron chi connectivity index (χ4n) is 4.36. The zero-order chi connectivity index (χ0) is 24.3. The molecular weight excluding hydrogens is 456 g/mol. The summed E-state index contributed by atoms with van der Waals surface area (Å²) in [4.78, 5) is 18.2. The normalized spacial score (nSPS) is 15.9. The summed E-state index contributed by atoms with van der Waals surface area (Å²) in [5.41, 5.74) is 4.68. The fourth-order valence-corrected chi connectivity index (χ4v) is 4.36. The molecule has 1 aromatic carbocycles. The Labute approximate surface area is 207 Å². The average molecular weight is 483 g/mol. The molecule has 0 amide bonds. The van der Waals surface area contributed by atoms with Gasteiger partial charge in [-0.05, 0) is 31.0 Å². The number of aromatic nitrogens is 9. The van der Waals surface area contributed by atoms with Crippen LogP contribution in [-0.4, -0.2) is 64.4 Å². The number of benzene rings is 1. The molecule has 11 nitrogen and oxygen atoms in total. The largest absolute Gasteiger partial charge is 0.490 e. The Hall–Kier alpha value is -4.25. The third kappa shape index (κ3) is 4.78. The second-order valence-corrected chi connectivity index (χ2v) is 9.02. The van der Waals surface area contributed by atoms with E-state index in [0.717, 1.165) is 35.5 Å². The zero-order valence-corrected chi connectivity index (χ0v) is 19.9. The fraction of sp³-hybridized carbons (Fsp3) is 0.320. The molecule has 5 aromatic rings. The van der Waals surface area contributed by atoms with Crippen LogP contribution in [0.2, 0.25) is 0 Å². The molecule has 1 fully saturated rings. The number of nitrogens with one attached hydrogen (secondary N) is 1. The van der Waals surface area contributed by atoms with Gasteiger partial charge in [0.2, 0.25) is 5.65 Å². The van der Waals surface area contributed by atoms with Crippen molar-refractivity contribution in [1.29, 1.82) is 0 Å². The SMILES string of the molecule is Cn1cc(-c2cnc3nnn(Cc4cccc(-c5ncc(OCC6CCCNC6)cn5)c4)c3n2)cn1. The number of fused-ring (bicyclic) bond motifs is 1. The van der Waals surface area contributed by atoms with Crippen molar-refractivity contribution in [3.05, 3.63) is 60.8 Å². The quantitative estimate of drug-likeness (QED) is 0.373. The molecule has 1 aliphatic rings. The van der Waals surface area contributed by atoms with E-state index in [4.69, 9.17) is 9.72 Å². The molecular formula is C25H26N10O. The van der Waals surface area contributed by atoms with Gasteiger partial charge < -0.3 is 10.1 Å². The highest BCUT2D eigenvalue weighted by Crippen LogP contribution is 2.21. The number of piperidine rings is 1. The van der Waals surface area contributed by atoms with E-state index in [2.05, 4.69) is 41.7 Å². The topological polar surface area (TPSA) is 121 Å². The van der Waals surface area contributed by atoms with Crippen LogP contribution in [0.5, 0.6) is 5.75 Å². The molecule has 1 aliphatic heterocycles. The summed E-state index contributed by atoms with van der Waals surface area (Å²) in [5, 5.41) is 16.1. The molecule has 0 bridgehead atoms. The summed E-state index contributed by atoms with van der Waals surface area (Å²) in [6.07, 6.45) is 11.2. The van der Waals surface area contributed by atoms with E-state index in [-0.39, 0.29) is 0 Å².